The summed E-state index contributed by atoms with van der Waals surface area (Å²) in [5, 5.41) is 11.0. The summed E-state index contributed by atoms with van der Waals surface area (Å²) in [7, 11) is 2.17. The highest BCUT2D eigenvalue weighted by Crippen LogP contribution is 2.25. The molecule has 1 aromatic carbocycles. The molecule has 2 aliphatic heterocycles. The second kappa shape index (κ2) is 7.54. The fourth-order valence-corrected chi connectivity index (χ4v) is 3.62. The zero-order valence-electron chi connectivity index (χ0n) is 14.9. The predicted octanol–water partition coefficient (Wildman–Crippen LogP) is 2.76. The number of aromatic amines is 1. The maximum absolute atomic E-state index is 6.11. The van der Waals surface area contributed by atoms with Crippen LogP contribution in [0.25, 0.3) is 11.4 Å². The van der Waals surface area contributed by atoms with Gasteiger partial charge in [-0.25, -0.2) is 4.98 Å². The summed E-state index contributed by atoms with van der Waals surface area (Å²) in [4.78, 5) is 7.03. The Morgan fingerprint density at radius 2 is 1.88 bits per heavy atom. The van der Waals surface area contributed by atoms with Crippen LogP contribution in [-0.4, -0.2) is 52.9 Å². The average molecular weight is 341 g/mol. The molecule has 2 saturated heterocycles. The van der Waals surface area contributed by atoms with Crippen molar-refractivity contribution < 1.29 is 4.74 Å². The van der Waals surface area contributed by atoms with Gasteiger partial charge in [-0.2, -0.15) is 5.10 Å². The normalized spacial score (nSPS) is 22.8. The lowest BCUT2D eigenvalue weighted by Crippen LogP contribution is -2.35. The molecule has 1 unspecified atom stereocenters. The third kappa shape index (κ3) is 4.02. The number of H-pyrrole nitrogens is 1. The molecule has 2 aliphatic rings. The number of nitrogens with zero attached hydrogens (tertiary/aromatic N) is 3. The molecule has 6 heteroatoms. The van der Waals surface area contributed by atoms with Crippen LogP contribution in [0.15, 0.2) is 24.3 Å². The van der Waals surface area contributed by atoms with Gasteiger partial charge < -0.3 is 15.0 Å². The zero-order chi connectivity index (χ0) is 17.1. The Morgan fingerprint density at radius 3 is 2.60 bits per heavy atom. The van der Waals surface area contributed by atoms with Gasteiger partial charge in [0.15, 0.2) is 5.82 Å². The van der Waals surface area contributed by atoms with E-state index < -0.39 is 0 Å². The molecule has 0 spiro atoms. The molecule has 1 atom stereocenters. The van der Waals surface area contributed by atoms with Gasteiger partial charge in [0.05, 0.1) is 6.04 Å². The van der Waals surface area contributed by atoms with Gasteiger partial charge in [-0.1, -0.05) is 6.42 Å². The fourth-order valence-electron chi connectivity index (χ4n) is 3.62. The van der Waals surface area contributed by atoms with Crippen molar-refractivity contribution in [2.45, 2.75) is 44.2 Å². The first kappa shape index (κ1) is 16.5. The number of hydrogen-bond acceptors (Lipinski definition) is 5. The van der Waals surface area contributed by atoms with Crippen LogP contribution in [0.2, 0.25) is 0 Å². The van der Waals surface area contributed by atoms with Gasteiger partial charge in [-0.05, 0) is 63.5 Å². The Balaban J connectivity index is 1.39. The quantitative estimate of drug-likeness (QED) is 0.895. The van der Waals surface area contributed by atoms with Crippen LogP contribution in [0, 0.1) is 0 Å². The maximum atomic E-state index is 6.11. The van der Waals surface area contributed by atoms with E-state index in [1.807, 2.05) is 24.3 Å². The van der Waals surface area contributed by atoms with E-state index in [1.165, 1.54) is 12.8 Å². The van der Waals surface area contributed by atoms with E-state index in [9.17, 15) is 0 Å². The standard InChI is InChI=1S/C19H27N5O/c1-24-12-9-16(10-13-24)25-15-7-5-14(6-8-15)18-21-19(23-22-18)17-4-2-3-11-20-17/h5-8,16-17,20H,2-4,9-13H2,1H3,(H,21,22,23). The lowest BCUT2D eigenvalue weighted by atomic mass is 10.0. The SMILES string of the molecule is CN1CCC(Oc2ccc(-c3n[nH]c(C4CCCCN4)n3)cc2)CC1. The lowest BCUT2D eigenvalue weighted by molar-refractivity contribution is 0.114. The molecule has 2 aromatic rings. The molecule has 0 aliphatic carbocycles. The Labute approximate surface area is 149 Å². The smallest absolute Gasteiger partial charge is 0.181 e. The first-order valence-corrected chi connectivity index (χ1v) is 9.39. The maximum Gasteiger partial charge on any atom is 0.181 e. The van der Waals surface area contributed by atoms with Crippen LogP contribution >= 0.6 is 0 Å². The average Bonchev–Trinajstić information content (AvgIpc) is 3.15. The largest absolute Gasteiger partial charge is 0.490 e. The second-order valence-corrected chi connectivity index (χ2v) is 7.19. The molecule has 0 radical (unpaired) electrons. The van der Waals surface area contributed by atoms with Crippen molar-refractivity contribution in [2.75, 3.05) is 26.7 Å². The van der Waals surface area contributed by atoms with Crippen molar-refractivity contribution in [2.24, 2.45) is 0 Å². The van der Waals surface area contributed by atoms with Crippen LogP contribution in [0.3, 0.4) is 0 Å². The molecule has 25 heavy (non-hydrogen) atoms. The van der Waals surface area contributed by atoms with Gasteiger partial charge in [0.2, 0.25) is 0 Å². The van der Waals surface area contributed by atoms with Crippen molar-refractivity contribution in [3.63, 3.8) is 0 Å². The summed E-state index contributed by atoms with van der Waals surface area (Å²) in [6, 6.07) is 8.46. The Kier molecular flexibility index (Phi) is 4.99. The van der Waals surface area contributed by atoms with Gasteiger partial charge in [-0.15, -0.1) is 0 Å². The van der Waals surface area contributed by atoms with Crippen LogP contribution in [0.4, 0.5) is 0 Å². The van der Waals surface area contributed by atoms with Gasteiger partial charge in [0.25, 0.3) is 0 Å². The van der Waals surface area contributed by atoms with Gasteiger partial charge in [0.1, 0.15) is 17.7 Å². The number of rotatable bonds is 4. The van der Waals surface area contributed by atoms with E-state index in [0.29, 0.717) is 12.1 Å². The fraction of sp³-hybridized carbons (Fsp3) is 0.579. The zero-order valence-corrected chi connectivity index (χ0v) is 14.9. The van der Waals surface area contributed by atoms with Crippen LogP contribution in [0.5, 0.6) is 5.75 Å². The Morgan fingerprint density at radius 1 is 1.08 bits per heavy atom. The highest BCUT2D eigenvalue weighted by molar-refractivity contribution is 5.55. The number of hydrogen-bond donors (Lipinski definition) is 2. The van der Waals surface area contributed by atoms with E-state index in [4.69, 9.17) is 4.74 Å². The van der Waals surface area contributed by atoms with E-state index in [-0.39, 0.29) is 0 Å². The number of piperidine rings is 2. The molecule has 1 aromatic heterocycles. The molecular weight excluding hydrogens is 314 g/mol. The summed E-state index contributed by atoms with van der Waals surface area (Å²) in [5.74, 6) is 2.64. The van der Waals surface area contributed by atoms with E-state index in [1.54, 1.807) is 0 Å². The van der Waals surface area contributed by atoms with Crippen molar-refractivity contribution >= 4 is 0 Å². The summed E-state index contributed by atoms with van der Waals surface area (Å²) in [6.07, 6.45) is 6.13. The lowest BCUT2D eigenvalue weighted by Gasteiger charge is -2.29. The van der Waals surface area contributed by atoms with Crippen molar-refractivity contribution in [3.8, 4) is 17.1 Å². The first-order valence-electron chi connectivity index (χ1n) is 9.39. The van der Waals surface area contributed by atoms with Crippen LogP contribution in [0.1, 0.15) is 44.0 Å². The van der Waals surface area contributed by atoms with Crippen LogP contribution in [-0.2, 0) is 0 Å². The third-order valence-electron chi connectivity index (χ3n) is 5.22. The summed E-state index contributed by atoms with van der Waals surface area (Å²) >= 11 is 0. The Bertz CT molecular complexity index is 669. The summed E-state index contributed by atoms with van der Waals surface area (Å²) in [6.45, 7) is 3.28. The van der Waals surface area contributed by atoms with Crippen molar-refractivity contribution in [1.29, 1.82) is 0 Å². The molecular formula is C19H27N5O. The highest BCUT2D eigenvalue weighted by Gasteiger charge is 2.20. The molecule has 2 N–H and O–H groups in total. The molecule has 6 nitrogen and oxygen atoms in total. The first-order chi connectivity index (χ1) is 12.3. The van der Waals surface area contributed by atoms with Crippen molar-refractivity contribution in [1.82, 2.24) is 25.4 Å². The predicted molar refractivity (Wildman–Crippen MR) is 97.6 cm³/mol. The van der Waals surface area contributed by atoms with E-state index in [2.05, 4.69) is 32.4 Å². The summed E-state index contributed by atoms with van der Waals surface area (Å²) in [5.41, 5.74) is 1.02. The molecule has 2 fully saturated rings. The minimum atomic E-state index is 0.307. The molecule has 4 rings (SSSR count). The number of aromatic nitrogens is 3. The minimum absolute atomic E-state index is 0.307. The van der Waals surface area contributed by atoms with E-state index >= 15 is 0 Å². The second-order valence-electron chi connectivity index (χ2n) is 7.19. The number of likely N-dealkylation sites (tertiary alicyclic amines) is 1. The Hall–Kier alpha value is -1.92. The number of nitrogens with one attached hydrogen (secondary N) is 2. The highest BCUT2D eigenvalue weighted by atomic mass is 16.5. The van der Waals surface area contributed by atoms with Gasteiger partial charge in [0, 0.05) is 18.7 Å². The van der Waals surface area contributed by atoms with E-state index in [0.717, 1.165) is 61.9 Å². The van der Waals surface area contributed by atoms with Crippen molar-refractivity contribution in [3.05, 3.63) is 30.1 Å². The topological polar surface area (TPSA) is 66.1 Å². The number of benzene rings is 1. The van der Waals surface area contributed by atoms with Gasteiger partial charge >= 0.3 is 0 Å². The molecule has 3 heterocycles. The van der Waals surface area contributed by atoms with Gasteiger partial charge in [-0.3, -0.25) is 5.10 Å². The van der Waals surface area contributed by atoms with Crippen LogP contribution < -0.4 is 10.1 Å². The number of ether oxygens (including phenoxy) is 1. The molecule has 0 amide bonds. The monoisotopic (exact) mass is 341 g/mol. The molecule has 134 valence electrons. The summed E-state index contributed by atoms with van der Waals surface area (Å²) < 4.78 is 6.11. The minimum Gasteiger partial charge on any atom is -0.490 e. The molecule has 0 bridgehead atoms. The molecule has 0 saturated carbocycles. The third-order valence-corrected chi connectivity index (χ3v) is 5.22.